The molecule has 0 N–H and O–H groups in total. The topological polar surface area (TPSA) is 38.7 Å². The van der Waals surface area contributed by atoms with Crippen molar-refractivity contribution in [1.82, 2.24) is 0 Å². The second-order valence-corrected chi connectivity index (χ2v) is 5.15. The fourth-order valence-corrected chi connectivity index (χ4v) is 3.03. The summed E-state index contributed by atoms with van der Waals surface area (Å²) < 4.78 is 4.81. The molecule has 1 fully saturated rings. The summed E-state index contributed by atoms with van der Waals surface area (Å²) in [6, 6.07) is 0.364. The zero-order chi connectivity index (χ0) is 11.1. The summed E-state index contributed by atoms with van der Waals surface area (Å²) >= 11 is 0. The number of carbonyl (C=O) groups is 1. The van der Waals surface area contributed by atoms with Crippen LogP contribution >= 0.6 is 0 Å². The summed E-state index contributed by atoms with van der Waals surface area (Å²) in [5, 5.41) is 0. The van der Waals surface area contributed by atoms with Crippen molar-refractivity contribution in [3.63, 3.8) is 0 Å². The normalized spacial score (nSPS) is 33.1. The number of hydrogen-bond acceptors (Lipinski definition) is 3. The third-order valence-corrected chi connectivity index (χ3v) is 3.94. The highest BCUT2D eigenvalue weighted by Gasteiger charge is 2.48. The van der Waals surface area contributed by atoms with Crippen LogP contribution in [0.1, 0.15) is 39.5 Å². The molecule has 84 valence electrons. The molecule has 0 amide bonds. The van der Waals surface area contributed by atoms with Crippen molar-refractivity contribution in [1.29, 1.82) is 0 Å². The van der Waals surface area contributed by atoms with Crippen LogP contribution in [0.25, 0.3) is 0 Å². The van der Waals surface area contributed by atoms with Gasteiger partial charge in [-0.15, -0.1) is 0 Å². The Morgan fingerprint density at radius 1 is 1.40 bits per heavy atom. The largest absolute Gasteiger partial charge is 0.465 e. The molecule has 0 spiro atoms. The van der Waals surface area contributed by atoms with Crippen molar-refractivity contribution in [2.75, 3.05) is 7.11 Å². The van der Waals surface area contributed by atoms with Crippen LogP contribution in [0.2, 0.25) is 0 Å². The first-order valence-corrected chi connectivity index (χ1v) is 5.74. The highest BCUT2D eigenvalue weighted by Crippen LogP contribution is 2.46. The molecule has 3 heteroatoms. The fraction of sp³-hybridized carbons (Fsp3) is 0.833. The van der Waals surface area contributed by atoms with Crippen LogP contribution in [0.3, 0.4) is 0 Å². The molecule has 0 aromatic carbocycles. The predicted octanol–water partition coefficient (Wildman–Crippen LogP) is 2.20. The Kier molecular flexibility index (Phi) is 2.57. The van der Waals surface area contributed by atoms with Gasteiger partial charge in [-0.1, -0.05) is 26.7 Å². The molecule has 0 aromatic rings. The lowest BCUT2D eigenvalue weighted by Crippen LogP contribution is -2.37. The van der Waals surface area contributed by atoms with Crippen molar-refractivity contribution >= 4 is 11.7 Å². The maximum Gasteiger partial charge on any atom is 0.352 e. The molecule has 2 aliphatic rings. The average molecular weight is 209 g/mol. The Balaban J connectivity index is 2.27. The number of hydrogen-bond donors (Lipinski definition) is 0. The maximum absolute atomic E-state index is 11.6. The number of aliphatic imine (C=N–C) groups is 1. The van der Waals surface area contributed by atoms with Gasteiger partial charge in [0.2, 0.25) is 0 Å². The van der Waals surface area contributed by atoms with E-state index in [4.69, 9.17) is 4.74 Å². The first kappa shape index (κ1) is 10.7. The molecular formula is C12H19NO2. The molecule has 2 atom stereocenters. The van der Waals surface area contributed by atoms with Crippen LogP contribution in [0.4, 0.5) is 0 Å². The zero-order valence-corrected chi connectivity index (χ0v) is 9.75. The quantitative estimate of drug-likeness (QED) is 0.621. The van der Waals surface area contributed by atoms with Crippen LogP contribution in [0, 0.1) is 11.3 Å². The summed E-state index contributed by atoms with van der Waals surface area (Å²) in [5.41, 5.74) is 0.556. The highest BCUT2D eigenvalue weighted by molar-refractivity contribution is 6.39. The molecule has 1 saturated carbocycles. The Morgan fingerprint density at radius 2 is 2.07 bits per heavy atom. The van der Waals surface area contributed by atoms with Gasteiger partial charge in [0.1, 0.15) is 5.71 Å². The van der Waals surface area contributed by atoms with Crippen LogP contribution < -0.4 is 0 Å². The maximum atomic E-state index is 11.6. The van der Waals surface area contributed by atoms with Gasteiger partial charge in [-0.3, -0.25) is 4.99 Å². The molecule has 3 nitrogen and oxygen atoms in total. The van der Waals surface area contributed by atoms with Gasteiger partial charge in [0.25, 0.3) is 0 Å². The van der Waals surface area contributed by atoms with E-state index in [1.807, 2.05) is 0 Å². The third kappa shape index (κ3) is 1.58. The van der Waals surface area contributed by atoms with Crippen LogP contribution in [0.5, 0.6) is 0 Å². The highest BCUT2D eigenvalue weighted by atomic mass is 16.5. The molecule has 2 unspecified atom stereocenters. The average Bonchev–Trinajstić information content (AvgIpc) is 2.51. The molecule has 0 bridgehead atoms. The standard InChI is InChI=1S/C12H19NO2/c1-12(2)8-6-4-5-7-9(8)13-10(12)11(14)15-3/h8-9H,4-7H2,1-3H3. The minimum absolute atomic E-state index is 0.0990. The molecule has 15 heavy (non-hydrogen) atoms. The Bertz CT molecular complexity index is 307. The van der Waals surface area contributed by atoms with E-state index >= 15 is 0 Å². The molecule has 2 rings (SSSR count). The van der Waals surface area contributed by atoms with E-state index in [-0.39, 0.29) is 11.4 Å². The first-order valence-electron chi connectivity index (χ1n) is 5.74. The first-order chi connectivity index (χ1) is 7.07. The monoisotopic (exact) mass is 209 g/mol. The molecular weight excluding hydrogens is 190 g/mol. The number of esters is 1. The summed E-state index contributed by atoms with van der Waals surface area (Å²) in [4.78, 5) is 16.2. The summed E-state index contributed by atoms with van der Waals surface area (Å²) in [6.45, 7) is 4.25. The lowest BCUT2D eigenvalue weighted by Gasteiger charge is -2.33. The summed E-state index contributed by atoms with van der Waals surface area (Å²) in [5.74, 6) is 0.301. The van der Waals surface area contributed by atoms with Gasteiger partial charge in [-0.05, 0) is 18.8 Å². The second kappa shape index (κ2) is 3.62. The predicted molar refractivity (Wildman–Crippen MR) is 59.0 cm³/mol. The minimum atomic E-state index is -0.241. The number of carbonyl (C=O) groups excluding carboxylic acids is 1. The van der Waals surface area contributed by atoms with E-state index in [1.54, 1.807) is 0 Å². The van der Waals surface area contributed by atoms with Gasteiger partial charge in [0.05, 0.1) is 13.2 Å². The van der Waals surface area contributed by atoms with Gasteiger partial charge in [-0.25, -0.2) is 4.79 Å². The number of rotatable bonds is 1. The molecule has 1 aliphatic heterocycles. The third-order valence-electron chi connectivity index (χ3n) is 3.94. The van der Waals surface area contributed by atoms with E-state index in [0.29, 0.717) is 17.7 Å². The van der Waals surface area contributed by atoms with Crippen LogP contribution in [-0.4, -0.2) is 24.8 Å². The van der Waals surface area contributed by atoms with Crippen molar-refractivity contribution < 1.29 is 9.53 Å². The molecule has 1 aliphatic carbocycles. The lowest BCUT2D eigenvalue weighted by atomic mass is 9.69. The Hall–Kier alpha value is -0.860. The Labute approximate surface area is 90.9 Å². The number of ether oxygens (including phenoxy) is 1. The molecule has 0 aromatic heterocycles. The van der Waals surface area contributed by atoms with Gasteiger partial charge in [0, 0.05) is 5.41 Å². The van der Waals surface area contributed by atoms with Gasteiger partial charge < -0.3 is 4.74 Å². The van der Waals surface area contributed by atoms with Crippen molar-refractivity contribution in [3.8, 4) is 0 Å². The van der Waals surface area contributed by atoms with Gasteiger partial charge in [-0.2, -0.15) is 0 Å². The second-order valence-electron chi connectivity index (χ2n) is 5.15. The van der Waals surface area contributed by atoms with Crippen molar-refractivity contribution in [2.45, 2.75) is 45.6 Å². The van der Waals surface area contributed by atoms with E-state index in [0.717, 1.165) is 6.42 Å². The number of nitrogens with zero attached hydrogens (tertiary/aromatic N) is 1. The van der Waals surface area contributed by atoms with Crippen LogP contribution in [-0.2, 0) is 9.53 Å². The summed E-state index contributed by atoms with van der Waals surface area (Å²) in [6.07, 6.45) is 4.85. The van der Waals surface area contributed by atoms with Crippen molar-refractivity contribution in [2.24, 2.45) is 16.3 Å². The lowest BCUT2D eigenvalue weighted by molar-refractivity contribution is -0.133. The summed E-state index contributed by atoms with van der Waals surface area (Å²) in [7, 11) is 1.43. The SMILES string of the molecule is COC(=O)C1=NC2CCCCC2C1(C)C. The van der Waals surface area contributed by atoms with Gasteiger partial charge in [0.15, 0.2) is 0 Å². The molecule has 0 saturated heterocycles. The van der Waals surface area contributed by atoms with E-state index < -0.39 is 0 Å². The van der Waals surface area contributed by atoms with E-state index in [1.165, 1.54) is 26.4 Å². The fourth-order valence-electron chi connectivity index (χ4n) is 3.03. The minimum Gasteiger partial charge on any atom is -0.465 e. The Morgan fingerprint density at radius 3 is 2.67 bits per heavy atom. The smallest absolute Gasteiger partial charge is 0.352 e. The number of fused-ring (bicyclic) bond motifs is 1. The van der Waals surface area contributed by atoms with Crippen molar-refractivity contribution in [3.05, 3.63) is 0 Å². The van der Waals surface area contributed by atoms with Gasteiger partial charge >= 0.3 is 5.97 Å². The number of methoxy groups -OCH3 is 1. The zero-order valence-electron chi connectivity index (χ0n) is 9.75. The van der Waals surface area contributed by atoms with E-state index in [9.17, 15) is 4.79 Å². The molecule has 0 radical (unpaired) electrons. The van der Waals surface area contributed by atoms with E-state index in [2.05, 4.69) is 18.8 Å². The van der Waals surface area contributed by atoms with Crippen LogP contribution in [0.15, 0.2) is 4.99 Å². The molecule has 1 heterocycles.